The van der Waals surface area contributed by atoms with Crippen molar-refractivity contribution in [3.63, 3.8) is 0 Å². The van der Waals surface area contributed by atoms with Crippen molar-refractivity contribution >= 4 is 17.4 Å². The maximum atomic E-state index is 14.0. The molecule has 0 aliphatic heterocycles. The quantitative estimate of drug-likeness (QED) is 0.559. The number of pyridine rings is 1. The fraction of sp³-hybridized carbons (Fsp3) is 0.0909. The minimum Gasteiger partial charge on any atom is -0.306 e. The highest BCUT2D eigenvalue weighted by Gasteiger charge is 2.19. The minimum absolute atomic E-state index is 0.00517. The van der Waals surface area contributed by atoms with Crippen LogP contribution >= 0.6 is 0 Å². The Kier molecular flexibility index (Phi) is 4.20. The van der Waals surface area contributed by atoms with Crippen molar-refractivity contribution in [3.05, 3.63) is 89.4 Å². The SMILES string of the molecule is Cc1ccc(-c2nc3cc(C)ccn3c2NC(=O)c2ccccc2F)cc1. The molecule has 1 amide bonds. The summed E-state index contributed by atoms with van der Waals surface area (Å²) in [7, 11) is 0. The van der Waals surface area contributed by atoms with Gasteiger partial charge in [-0.25, -0.2) is 9.37 Å². The Morgan fingerprint density at radius 1 is 1.00 bits per heavy atom. The van der Waals surface area contributed by atoms with Gasteiger partial charge in [-0.1, -0.05) is 42.0 Å². The van der Waals surface area contributed by atoms with Crippen LogP contribution in [0.15, 0.2) is 66.9 Å². The molecule has 0 aliphatic carbocycles. The van der Waals surface area contributed by atoms with Crippen LogP contribution in [0.3, 0.4) is 0 Å². The number of aromatic nitrogens is 2. The molecule has 134 valence electrons. The van der Waals surface area contributed by atoms with Crippen LogP contribution in [-0.2, 0) is 0 Å². The lowest BCUT2D eigenvalue weighted by atomic mass is 10.1. The molecule has 4 rings (SSSR count). The first-order valence-electron chi connectivity index (χ1n) is 8.64. The number of imidazole rings is 1. The third-order valence-electron chi connectivity index (χ3n) is 4.46. The summed E-state index contributed by atoms with van der Waals surface area (Å²) < 4.78 is 15.8. The van der Waals surface area contributed by atoms with Crippen LogP contribution in [-0.4, -0.2) is 15.3 Å². The van der Waals surface area contributed by atoms with Gasteiger partial charge in [0.15, 0.2) is 0 Å². The largest absolute Gasteiger partial charge is 0.306 e. The highest BCUT2D eigenvalue weighted by atomic mass is 19.1. The van der Waals surface area contributed by atoms with Crippen LogP contribution in [0, 0.1) is 19.7 Å². The van der Waals surface area contributed by atoms with E-state index >= 15 is 0 Å². The van der Waals surface area contributed by atoms with Gasteiger partial charge in [0.25, 0.3) is 5.91 Å². The Balaban J connectivity index is 1.85. The van der Waals surface area contributed by atoms with Crippen LogP contribution < -0.4 is 5.32 Å². The topological polar surface area (TPSA) is 46.4 Å². The summed E-state index contributed by atoms with van der Waals surface area (Å²) >= 11 is 0. The van der Waals surface area contributed by atoms with Gasteiger partial charge >= 0.3 is 0 Å². The van der Waals surface area contributed by atoms with E-state index in [0.29, 0.717) is 11.5 Å². The number of amides is 1. The molecule has 0 spiro atoms. The summed E-state index contributed by atoms with van der Waals surface area (Å²) in [6, 6.07) is 17.7. The molecule has 2 aromatic carbocycles. The molecule has 2 heterocycles. The van der Waals surface area contributed by atoms with E-state index in [1.807, 2.05) is 56.4 Å². The number of nitrogens with one attached hydrogen (secondary N) is 1. The van der Waals surface area contributed by atoms with E-state index in [1.54, 1.807) is 16.5 Å². The predicted octanol–water partition coefficient (Wildman–Crippen LogP) is 5.01. The molecular weight excluding hydrogens is 341 g/mol. The van der Waals surface area contributed by atoms with Crippen molar-refractivity contribution in [2.45, 2.75) is 13.8 Å². The minimum atomic E-state index is -0.559. The van der Waals surface area contributed by atoms with Gasteiger partial charge in [-0.3, -0.25) is 9.20 Å². The first kappa shape index (κ1) is 17.0. The number of aryl methyl sites for hydroxylation is 2. The van der Waals surface area contributed by atoms with Crippen LogP contribution in [0.1, 0.15) is 21.5 Å². The number of fused-ring (bicyclic) bond motifs is 1. The number of halogens is 1. The lowest BCUT2D eigenvalue weighted by Crippen LogP contribution is -2.15. The predicted molar refractivity (Wildman–Crippen MR) is 104 cm³/mol. The van der Waals surface area contributed by atoms with Gasteiger partial charge in [0.1, 0.15) is 23.0 Å². The summed E-state index contributed by atoms with van der Waals surface area (Å²) in [6.07, 6.45) is 1.85. The Morgan fingerprint density at radius 3 is 2.48 bits per heavy atom. The second-order valence-corrected chi connectivity index (χ2v) is 6.54. The molecule has 0 fully saturated rings. The van der Waals surface area contributed by atoms with Crippen molar-refractivity contribution < 1.29 is 9.18 Å². The molecule has 4 aromatic rings. The number of hydrogen-bond acceptors (Lipinski definition) is 2. The first-order valence-corrected chi connectivity index (χ1v) is 8.64. The molecule has 5 heteroatoms. The maximum Gasteiger partial charge on any atom is 0.259 e. The van der Waals surface area contributed by atoms with E-state index in [4.69, 9.17) is 4.98 Å². The van der Waals surface area contributed by atoms with Crippen molar-refractivity contribution in [2.24, 2.45) is 0 Å². The van der Waals surface area contributed by atoms with E-state index in [9.17, 15) is 9.18 Å². The van der Waals surface area contributed by atoms with Crippen molar-refractivity contribution in [3.8, 4) is 11.3 Å². The molecule has 0 atom stereocenters. The lowest BCUT2D eigenvalue weighted by Gasteiger charge is -2.09. The molecule has 0 saturated heterocycles. The monoisotopic (exact) mass is 359 g/mol. The second kappa shape index (κ2) is 6.68. The summed E-state index contributed by atoms with van der Waals surface area (Å²) in [5, 5.41) is 2.84. The fourth-order valence-corrected chi connectivity index (χ4v) is 3.00. The zero-order valence-electron chi connectivity index (χ0n) is 15.0. The molecule has 0 saturated carbocycles. The van der Waals surface area contributed by atoms with Gasteiger partial charge in [0, 0.05) is 11.8 Å². The standard InChI is InChI=1S/C22H18FN3O/c1-14-7-9-16(10-8-14)20-21(26-12-11-15(2)13-19(26)24-20)25-22(27)17-5-3-4-6-18(17)23/h3-13H,1-2H3,(H,25,27). The number of hydrogen-bond donors (Lipinski definition) is 1. The normalized spacial score (nSPS) is 10.9. The number of benzene rings is 2. The van der Waals surface area contributed by atoms with Gasteiger partial charge in [-0.05, 0) is 43.7 Å². The Morgan fingerprint density at radius 2 is 1.74 bits per heavy atom. The summed E-state index contributed by atoms with van der Waals surface area (Å²) in [5.41, 5.74) is 4.44. The molecule has 0 bridgehead atoms. The van der Waals surface area contributed by atoms with Gasteiger partial charge < -0.3 is 5.32 Å². The molecule has 4 nitrogen and oxygen atoms in total. The van der Waals surface area contributed by atoms with Crippen molar-refractivity contribution in [1.82, 2.24) is 9.38 Å². The van der Waals surface area contributed by atoms with E-state index in [-0.39, 0.29) is 5.56 Å². The smallest absolute Gasteiger partial charge is 0.259 e. The van der Waals surface area contributed by atoms with Gasteiger partial charge in [-0.15, -0.1) is 0 Å². The summed E-state index contributed by atoms with van der Waals surface area (Å²) in [6.45, 7) is 4.00. The molecule has 0 unspecified atom stereocenters. The summed E-state index contributed by atoms with van der Waals surface area (Å²) in [5.74, 6) is -0.553. The average Bonchev–Trinajstić information content (AvgIpc) is 3.00. The van der Waals surface area contributed by atoms with Crippen molar-refractivity contribution in [2.75, 3.05) is 5.32 Å². The fourth-order valence-electron chi connectivity index (χ4n) is 3.00. The highest BCUT2D eigenvalue weighted by Crippen LogP contribution is 2.30. The number of anilines is 1. The molecule has 0 radical (unpaired) electrons. The van der Waals surface area contributed by atoms with E-state index < -0.39 is 11.7 Å². The van der Waals surface area contributed by atoms with Crippen molar-refractivity contribution in [1.29, 1.82) is 0 Å². The third kappa shape index (κ3) is 3.19. The number of carbonyl (C=O) groups excluding carboxylic acids is 1. The molecule has 0 aliphatic rings. The molecular formula is C22H18FN3O. The molecule has 27 heavy (non-hydrogen) atoms. The van der Waals surface area contributed by atoms with E-state index in [2.05, 4.69) is 5.32 Å². The van der Waals surface area contributed by atoms with E-state index in [0.717, 1.165) is 22.3 Å². The van der Waals surface area contributed by atoms with Crippen LogP contribution in [0.4, 0.5) is 10.2 Å². The Bertz CT molecular complexity index is 1150. The highest BCUT2D eigenvalue weighted by molar-refractivity contribution is 6.06. The third-order valence-corrected chi connectivity index (χ3v) is 4.46. The number of rotatable bonds is 3. The zero-order valence-corrected chi connectivity index (χ0v) is 15.0. The molecule has 2 aromatic heterocycles. The first-order chi connectivity index (χ1) is 13.0. The second-order valence-electron chi connectivity index (χ2n) is 6.54. The van der Waals surface area contributed by atoms with Crippen LogP contribution in [0.5, 0.6) is 0 Å². The van der Waals surface area contributed by atoms with Crippen LogP contribution in [0.25, 0.3) is 16.9 Å². The summed E-state index contributed by atoms with van der Waals surface area (Å²) in [4.78, 5) is 17.4. The van der Waals surface area contributed by atoms with E-state index in [1.165, 1.54) is 12.1 Å². The Hall–Kier alpha value is -3.47. The molecule has 1 N–H and O–H groups in total. The number of carbonyl (C=O) groups is 1. The van der Waals surface area contributed by atoms with Crippen LogP contribution in [0.2, 0.25) is 0 Å². The van der Waals surface area contributed by atoms with Gasteiger partial charge in [0.05, 0.1) is 5.56 Å². The zero-order chi connectivity index (χ0) is 19.0. The lowest BCUT2D eigenvalue weighted by molar-refractivity contribution is 0.102. The number of nitrogens with zero attached hydrogens (tertiary/aromatic N) is 2. The average molecular weight is 359 g/mol. The van der Waals surface area contributed by atoms with Gasteiger partial charge in [-0.2, -0.15) is 0 Å². The van der Waals surface area contributed by atoms with Gasteiger partial charge in [0.2, 0.25) is 0 Å². The maximum absolute atomic E-state index is 14.0. The Labute approximate surface area is 156 Å².